The minimum absolute atomic E-state index is 0.196. The maximum Gasteiger partial charge on any atom is 0.123 e. The zero-order chi connectivity index (χ0) is 9.97. The Bertz CT molecular complexity index is 291. The predicted octanol–water partition coefficient (Wildman–Crippen LogP) is 1.88. The summed E-state index contributed by atoms with van der Waals surface area (Å²) in [5.41, 5.74) is 1.08. The highest BCUT2D eigenvalue weighted by atomic mass is 19.1. The van der Waals surface area contributed by atoms with Crippen molar-refractivity contribution < 1.29 is 9.13 Å². The van der Waals surface area contributed by atoms with Gasteiger partial charge in [0.25, 0.3) is 0 Å². The summed E-state index contributed by atoms with van der Waals surface area (Å²) in [4.78, 5) is 0. The summed E-state index contributed by atoms with van der Waals surface area (Å²) in [7, 11) is 0. The second-order valence-electron chi connectivity index (χ2n) is 3.66. The first kappa shape index (κ1) is 9.62. The van der Waals surface area contributed by atoms with Crippen LogP contribution in [0.5, 0.6) is 0 Å². The van der Waals surface area contributed by atoms with Gasteiger partial charge in [0.2, 0.25) is 0 Å². The summed E-state index contributed by atoms with van der Waals surface area (Å²) in [5, 5.41) is 3.36. The first-order chi connectivity index (χ1) is 6.75. The molecule has 1 heterocycles. The molecule has 1 aromatic rings. The molecule has 2 rings (SSSR count). The highest BCUT2D eigenvalue weighted by Gasteiger charge is 2.18. The molecule has 0 unspecified atom stereocenters. The van der Waals surface area contributed by atoms with E-state index in [1.165, 1.54) is 12.1 Å². The van der Waals surface area contributed by atoms with Gasteiger partial charge < -0.3 is 10.1 Å². The molecule has 2 atom stereocenters. The Labute approximate surface area is 83.1 Å². The van der Waals surface area contributed by atoms with Gasteiger partial charge in [-0.15, -0.1) is 0 Å². The van der Waals surface area contributed by atoms with Crippen LogP contribution in [-0.2, 0) is 4.74 Å². The van der Waals surface area contributed by atoms with Crippen molar-refractivity contribution >= 4 is 0 Å². The molecule has 1 aromatic carbocycles. The molecule has 0 spiro atoms. The Hall–Kier alpha value is -0.930. The molecule has 1 N–H and O–H groups in total. The van der Waals surface area contributed by atoms with E-state index in [4.69, 9.17) is 4.74 Å². The van der Waals surface area contributed by atoms with Gasteiger partial charge in [-0.1, -0.05) is 12.1 Å². The van der Waals surface area contributed by atoms with E-state index in [2.05, 4.69) is 5.32 Å². The van der Waals surface area contributed by atoms with E-state index in [-0.39, 0.29) is 18.0 Å². The average Bonchev–Trinajstić information content (AvgIpc) is 2.21. The second-order valence-corrected chi connectivity index (χ2v) is 3.66. The number of rotatable bonds is 1. The van der Waals surface area contributed by atoms with Crippen LogP contribution in [0.2, 0.25) is 0 Å². The summed E-state index contributed by atoms with van der Waals surface area (Å²) in [6, 6.07) is 6.76. The summed E-state index contributed by atoms with van der Waals surface area (Å²) in [5.74, 6) is -0.196. The number of benzene rings is 1. The Morgan fingerprint density at radius 3 is 2.64 bits per heavy atom. The van der Waals surface area contributed by atoms with Crippen LogP contribution in [-0.4, -0.2) is 19.3 Å². The van der Waals surface area contributed by atoms with Crippen molar-refractivity contribution in [1.29, 1.82) is 0 Å². The van der Waals surface area contributed by atoms with Gasteiger partial charge in [0.05, 0.1) is 18.8 Å². The molecule has 0 amide bonds. The van der Waals surface area contributed by atoms with E-state index >= 15 is 0 Å². The third-order valence-corrected chi connectivity index (χ3v) is 2.47. The standard InChI is InChI=1S/C11H14FNO/c1-8-6-13-11(7-14-8)9-2-4-10(12)5-3-9/h2-5,8,11,13H,6-7H2,1H3/t8-,11+/m1/s1. The molecule has 2 nitrogen and oxygen atoms in total. The first-order valence-corrected chi connectivity index (χ1v) is 4.86. The Morgan fingerprint density at radius 2 is 2.07 bits per heavy atom. The van der Waals surface area contributed by atoms with Crippen LogP contribution in [0.1, 0.15) is 18.5 Å². The van der Waals surface area contributed by atoms with Gasteiger partial charge in [-0.25, -0.2) is 4.39 Å². The molecule has 0 radical (unpaired) electrons. The highest BCUT2D eigenvalue weighted by Crippen LogP contribution is 2.17. The van der Waals surface area contributed by atoms with E-state index in [0.29, 0.717) is 6.61 Å². The third kappa shape index (κ3) is 2.11. The zero-order valence-corrected chi connectivity index (χ0v) is 8.16. The monoisotopic (exact) mass is 195 g/mol. The summed E-state index contributed by atoms with van der Waals surface area (Å²) in [6.45, 7) is 3.54. The van der Waals surface area contributed by atoms with Gasteiger partial charge in [0.15, 0.2) is 0 Å². The van der Waals surface area contributed by atoms with Gasteiger partial charge in [0.1, 0.15) is 5.82 Å². The molecule has 0 aliphatic carbocycles. The smallest absolute Gasteiger partial charge is 0.123 e. The van der Waals surface area contributed by atoms with E-state index in [9.17, 15) is 4.39 Å². The molecule has 0 saturated carbocycles. The average molecular weight is 195 g/mol. The fourth-order valence-corrected chi connectivity index (χ4v) is 1.60. The lowest BCUT2D eigenvalue weighted by Gasteiger charge is -2.28. The Balaban J connectivity index is 2.05. The minimum Gasteiger partial charge on any atom is -0.375 e. The number of nitrogens with one attached hydrogen (secondary N) is 1. The van der Waals surface area contributed by atoms with Crippen LogP contribution in [0.15, 0.2) is 24.3 Å². The summed E-state index contributed by atoms with van der Waals surface area (Å²) >= 11 is 0. The predicted molar refractivity (Wildman–Crippen MR) is 52.6 cm³/mol. The molecular formula is C11H14FNO. The van der Waals surface area contributed by atoms with E-state index in [1.807, 2.05) is 6.92 Å². The van der Waals surface area contributed by atoms with Crippen molar-refractivity contribution in [3.8, 4) is 0 Å². The first-order valence-electron chi connectivity index (χ1n) is 4.86. The number of morpholine rings is 1. The molecule has 76 valence electrons. The van der Waals surface area contributed by atoms with Gasteiger partial charge in [-0.3, -0.25) is 0 Å². The number of ether oxygens (including phenoxy) is 1. The Morgan fingerprint density at radius 1 is 1.36 bits per heavy atom. The number of halogens is 1. The van der Waals surface area contributed by atoms with Gasteiger partial charge >= 0.3 is 0 Å². The molecule has 0 bridgehead atoms. The molecule has 1 aliphatic rings. The van der Waals surface area contributed by atoms with Gasteiger partial charge in [0, 0.05) is 6.54 Å². The SMILES string of the molecule is C[C@@H]1CN[C@H](c2ccc(F)cc2)CO1. The largest absolute Gasteiger partial charge is 0.375 e. The van der Waals surface area contributed by atoms with Crippen molar-refractivity contribution in [1.82, 2.24) is 5.32 Å². The zero-order valence-electron chi connectivity index (χ0n) is 8.16. The fraction of sp³-hybridized carbons (Fsp3) is 0.455. The van der Waals surface area contributed by atoms with Gasteiger partial charge in [-0.2, -0.15) is 0 Å². The molecule has 1 saturated heterocycles. The van der Waals surface area contributed by atoms with Crippen molar-refractivity contribution in [2.24, 2.45) is 0 Å². The summed E-state index contributed by atoms with van der Waals surface area (Å²) < 4.78 is 18.2. The lowest BCUT2D eigenvalue weighted by atomic mass is 10.1. The van der Waals surface area contributed by atoms with Crippen LogP contribution in [0.25, 0.3) is 0 Å². The molecule has 1 aliphatic heterocycles. The normalized spacial score (nSPS) is 27.6. The number of hydrogen-bond acceptors (Lipinski definition) is 2. The maximum absolute atomic E-state index is 12.7. The Kier molecular flexibility index (Phi) is 2.79. The molecule has 1 fully saturated rings. The van der Waals surface area contributed by atoms with E-state index < -0.39 is 0 Å². The third-order valence-electron chi connectivity index (χ3n) is 2.47. The fourth-order valence-electron chi connectivity index (χ4n) is 1.60. The molecular weight excluding hydrogens is 181 g/mol. The molecule has 3 heteroatoms. The van der Waals surface area contributed by atoms with Crippen LogP contribution < -0.4 is 5.32 Å². The number of hydrogen-bond donors (Lipinski definition) is 1. The quantitative estimate of drug-likeness (QED) is 0.738. The lowest BCUT2D eigenvalue weighted by molar-refractivity contribution is 0.0149. The van der Waals surface area contributed by atoms with Crippen molar-refractivity contribution in [2.45, 2.75) is 19.1 Å². The van der Waals surface area contributed by atoms with E-state index in [1.54, 1.807) is 12.1 Å². The van der Waals surface area contributed by atoms with Crippen molar-refractivity contribution in [3.05, 3.63) is 35.6 Å². The molecule has 14 heavy (non-hydrogen) atoms. The van der Waals surface area contributed by atoms with Crippen LogP contribution >= 0.6 is 0 Å². The van der Waals surface area contributed by atoms with Crippen LogP contribution in [0.4, 0.5) is 4.39 Å². The van der Waals surface area contributed by atoms with Crippen molar-refractivity contribution in [2.75, 3.05) is 13.2 Å². The minimum atomic E-state index is -0.196. The highest BCUT2D eigenvalue weighted by molar-refractivity contribution is 5.20. The lowest BCUT2D eigenvalue weighted by Crippen LogP contribution is -2.39. The van der Waals surface area contributed by atoms with Crippen LogP contribution in [0.3, 0.4) is 0 Å². The molecule has 0 aromatic heterocycles. The van der Waals surface area contributed by atoms with Crippen LogP contribution in [0, 0.1) is 5.82 Å². The van der Waals surface area contributed by atoms with Crippen molar-refractivity contribution in [3.63, 3.8) is 0 Å². The maximum atomic E-state index is 12.7. The summed E-state index contributed by atoms with van der Waals surface area (Å²) in [6.07, 6.45) is 0.270. The second kappa shape index (κ2) is 4.07. The van der Waals surface area contributed by atoms with Gasteiger partial charge in [-0.05, 0) is 24.6 Å². The topological polar surface area (TPSA) is 21.3 Å². The van der Waals surface area contributed by atoms with E-state index in [0.717, 1.165) is 12.1 Å².